The van der Waals surface area contributed by atoms with E-state index in [1.807, 2.05) is 0 Å². The molecule has 0 heterocycles. The lowest BCUT2D eigenvalue weighted by Crippen LogP contribution is -2.08. The second-order valence-corrected chi connectivity index (χ2v) is 4.51. The van der Waals surface area contributed by atoms with E-state index in [4.69, 9.17) is 16.3 Å². The third-order valence-electron chi connectivity index (χ3n) is 2.08. The van der Waals surface area contributed by atoms with E-state index in [1.54, 1.807) is 25.1 Å². The maximum absolute atomic E-state index is 11.6. The molecular weight excluding hydrogens is 307 g/mol. The van der Waals surface area contributed by atoms with Crippen molar-refractivity contribution in [2.24, 2.45) is 0 Å². The van der Waals surface area contributed by atoms with E-state index in [-0.39, 0.29) is 18.1 Å². The largest absolute Gasteiger partial charge is 0.462 e. The summed E-state index contributed by atoms with van der Waals surface area (Å²) >= 11 is 8.71. The number of Topliss-reactive ketones (excluding diaryl/α,β-unsaturated/α-hetero) is 1. The summed E-state index contributed by atoms with van der Waals surface area (Å²) in [5.74, 6) is -0.506. The van der Waals surface area contributed by atoms with Crippen molar-refractivity contribution in [1.29, 1.82) is 0 Å². The van der Waals surface area contributed by atoms with Gasteiger partial charge in [-0.2, -0.15) is 0 Å². The lowest BCUT2D eigenvalue weighted by molar-refractivity contribution is -0.116. The molecule has 17 heavy (non-hydrogen) atoms. The van der Waals surface area contributed by atoms with E-state index in [0.29, 0.717) is 16.6 Å². The summed E-state index contributed by atoms with van der Waals surface area (Å²) < 4.78 is 5.57. The molecule has 5 heteroatoms. The summed E-state index contributed by atoms with van der Waals surface area (Å²) in [6, 6.07) is 5.15. The number of esters is 1. The minimum Gasteiger partial charge on any atom is -0.462 e. The van der Waals surface area contributed by atoms with E-state index in [9.17, 15) is 9.59 Å². The number of alkyl halides is 1. The van der Waals surface area contributed by atoms with Crippen LogP contribution in [0.25, 0.3) is 0 Å². The first kappa shape index (κ1) is 14.2. The van der Waals surface area contributed by atoms with Crippen molar-refractivity contribution < 1.29 is 14.3 Å². The summed E-state index contributed by atoms with van der Waals surface area (Å²) in [6.45, 7) is 2.06. The molecule has 1 aromatic carbocycles. The molecule has 3 nitrogen and oxygen atoms in total. The average molecular weight is 320 g/mol. The van der Waals surface area contributed by atoms with Crippen molar-refractivity contribution in [2.75, 3.05) is 12.5 Å². The van der Waals surface area contributed by atoms with Gasteiger partial charge in [0.15, 0.2) is 5.78 Å². The topological polar surface area (TPSA) is 43.4 Å². The van der Waals surface area contributed by atoms with Gasteiger partial charge in [-0.05, 0) is 40.5 Å². The molecule has 0 aliphatic carbocycles. The van der Waals surface area contributed by atoms with Crippen LogP contribution in [-0.2, 0) is 16.0 Å². The number of hydrogen-bond acceptors (Lipinski definition) is 3. The number of ether oxygens (including phenoxy) is 1. The molecule has 1 aromatic rings. The predicted molar refractivity (Wildman–Crippen MR) is 69.5 cm³/mol. The molecular formula is C12H12BrClO3. The summed E-state index contributed by atoms with van der Waals surface area (Å²) in [7, 11) is 0. The zero-order valence-corrected chi connectivity index (χ0v) is 11.7. The molecule has 0 atom stereocenters. The van der Waals surface area contributed by atoms with Gasteiger partial charge >= 0.3 is 5.97 Å². The molecule has 0 spiro atoms. The number of carbonyl (C=O) groups excluding carboxylic acids is 2. The Labute approximate surface area is 113 Å². The maximum atomic E-state index is 11.6. The second kappa shape index (κ2) is 6.77. The molecule has 0 unspecified atom stereocenters. The van der Waals surface area contributed by atoms with Crippen LogP contribution in [-0.4, -0.2) is 24.2 Å². The first-order valence-corrected chi connectivity index (χ1v) is 6.44. The van der Waals surface area contributed by atoms with Gasteiger partial charge in [0, 0.05) is 10.9 Å². The Morgan fingerprint density at radius 1 is 1.41 bits per heavy atom. The summed E-state index contributed by atoms with van der Waals surface area (Å²) in [4.78, 5) is 22.8. The number of carbonyl (C=O) groups is 2. The fraction of sp³-hybridized carbons (Fsp3) is 0.333. The highest BCUT2D eigenvalue weighted by Crippen LogP contribution is 2.20. The molecule has 0 aliphatic rings. The third kappa shape index (κ3) is 4.13. The SMILES string of the molecule is CCOC(=O)c1cc(CC(=O)CCl)ccc1Br. The second-order valence-electron chi connectivity index (χ2n) is 3.38. The number of rotatable bonds is 5. The standard InChI is InChI=1S/C12H12BrClO3/c1-2-17-12(16)10-6-8(3-4-11(10)13)5-9(15)7-14/h3-4,6H,2,5,7H2,1H3. The Kier molecular flexibility index (Phi) is 5.65. The van der Waals surface area contributed by atoms with Crippen LogP contribution in [0.3, 0.4) is 0 Å². The lowest BCUT2D eigenvalue weighted by Gasteiger charge is -2.06. The Morgan fingerprint density at radius 3 is 2.71 bits per heavy atom. The van der Waals surface area contributed by atoms with Gasteiger partial charge < -0.3 is 4.74 Å². The van der Waals surface area contributed by atoms with E-state index >= 15 is 0 Å². The first-order valence-electron chi connectivity index (χ1n) is 5.11. The minimum absolute atomic E-state index is 0.0230. The summed E-state index contributed by atoms with van der Waals surface area (Å²) in [5.41, 5.74) is 1.17. The minimum atomic E-state index is -0.403. The van der Waals surface area contributed by atoms with Gasteiger partial charge in [-0.1, -0.05) is 6.07 Å². The molecule has 0 aromatic heterocycles. The van der Waals surface area contributed by atoms with Crippen molar-refractivity contribution in [2.45, 2.75) is 13.3 Å². The van der Waals surface area contributed by atoms with Gasteiger partial charge in [0.05, 0.1) is 18.1 Å². The molecule has 0 bridgehead atoms. The van der Waals surface area contributed by atoms with Gasteiger partial charge in [0.2, 0.25) is 0 Å². The van der Waals surface area contributed by atoms with Crippen LogP contribution >= 0.6 is 27.5 Å². The number of halogens is 2. The van der Waals surface area contributed by atoms with Crippen LogP contribution in [0.4, 0.5) is 0 Å². The van der Waals surface area contributed by atoms with Crippen LogP contribution in [0.2, 0.25) is 0 Å². The highest BCUT2D eigenvalue weighted by Gasteiger charge is 2.12. The number of ketones is 1. The molecule has 0 amide bonds. The van der Waals surface area contributed by atoms with Gasteiger partial charge in [-0.3, -0.25) is 4.79 Å². The molecule has 0 aliphatic heterocycles. The van der Waals surface area contributed by atoms with Crippen molar-refractivity contribution in [3.8, 4) is 0 Å². The monoisotopic (exact) mass is 318 g/mol. The van der Waals surface area contributed by atoms with Crippen LogP contribution in [0.1, 0.15) is 22.8 Å². The molecule has 0 fully saturated rings. The lowest BCUT2D eigenvalue weighted by atomic mass is 10.1. The average Bonchev–Trinajstić information content (AvgIpc) is 2.31. The van der Waals surface area contributed by atoms with E-state index < -0.39 is 5.97 Å². The van der Waals surface area contributed by atoms with Crippen molar-refractivity contribution >= 4 is 39.3 Å². The molecule has 0 N–H and O–H groups in total. The van der Waals surface area contributed by atoms with E-state index in [0.717, 1.165) is 5.56 Å². The highest BCUT2D eigenvalue weighted by atomic mass is 79.9. The van der Waals surface area contributed by atoms with Crippen molar-refractivity contribution in [1.82, 2.24) is 0 Å². The maximum Gasteiger partial charge on any atom is 0.339 e. The summed E-state index contributed by atoms with van der Waals surface area (Å²) in [6.07, 6.45) is 0.225. The fourth-order valence-electron chi connectivity index (χ4n) is 1.32. The smallest absolute Gasteiger partial charge is 0.339 e. The van der Waals surface area contributed by atoms with Crippen molar-refractivity contribution in [3.05, 3.63) is 33.8 Å². The number of benzene rings is 1. The number of hydrogen-bond donors (Lipinski definition) is 0. The zero-order chi connectivity index (χ0) is 12.8. The van der Waals surface area contributed by atoms with E-state index in [2.05, 4.69) is 15.9 Å². The van der Waals surface area contributed by atoms with Crippen LogP contribution in [0.5, 0.6) is 0 Å². The predicted octanol–water partition coefficient (Wildman–Crippen LogP) is 2.98. The Morgan fingerprint density at radius 2 is 2.12 bits per heavy atom. The highest BCUT2D eigenvalue weighted by molar-refractivity contribution is 9.10. The first-order chi connectivity index (χ1) is 8.08. The third-order valence-corrected chi connectivity index (χ3v) is 3.07. The van der Waals surface area contributed by atoms with Crippen molar-refractivity contribution in [3.63, 3.8) is 0 Å². The zero-order valence-electron chi connectivity index (χ0n) is 9.33. The van der Waals surface area contributed by atoms with E-state index in [1.165, 1.54) is 0 Å². The summed E-state index contributed by atoms with van der Waals surface area (Å²) in [5, 5.41) is 0. The van der Waals surface area contributed by atoms with Gasteiger partial charge in [0.1, 0.15) is 0 Å². The van der Waals surface area contributed by atoms with Gasteiger partial charge in [0.25, 0.3) is 0 Å². The Hall–Kier alpha value is -0.870. The molecule has 92 valence electrons. The fourth-order valence-corrected chi connectivity index (χ4v) is 1.83. The Balaban J connectivity index is 2.94. The normalized spacial score (nSPS) is 10.1. The van der Waals surface area contributed by atoms with Crippen LogP contribution in [0.15, 0.2) is 22.7 Å². The molecule has 1 rings (SSSR count). The molecule has 0 saturated heterocycles. The molecule has 0 radical (unpaired) electrons. The van der Waals surface area contributed by atoms with Crippen LogP contribution in [0, 0.1) is 0 Å². The van der Waals surface area contributed by atoms with Gasteiger partial charge in [-0.25, -0.2) is 4.79 Å². The van der Waals surface area contributed by atoms with Crippen LogP contribution < -0.4 is 0 Å². The molecule has 0 saturated carbocycles. The van der Waals surface area contributed by atoms with Gasteiger partial charge in [-0.15, -0.1) is 11.6 Å². The Bertz CT molecular complexity index is 432. The quantitative estimate of drug-likeness (QED) is 0.619.